The SMILES string of the molecule is CCN(CCN(C)C)C(=O)c1cc2c(s1)N(CC)CCCC2. The number of amides is 1. The zero-order chi connectivity index (χ0) is 16.1. The Labute approximate surface area is 138 Å². The van der Waals surface area contributed by atoms with Crippen molar-refractivity contribution in [1.82, 2.24) is 9.80 Å². The number of rotatable bonds is 6. The van der Waals surface area contributed by atoms with E-state index in [1.54, 1.807) is 11.3 Å². The smallest absolute Gasteiger partial charge is 0.264 e. The highest BCUT2D eigenvalue weighted by molar-refractivity contribution is 7.18. The lowest BCUT2D eigenvalue weighted by Gasteiger charge is -2.22. The van der Waals surface area contributed by atoms with Crippen molar-refractivity contribution in [3.63, 3.8) is 0 Å². The predicted octanol–water partition coefficient (Wildman–Crippen LogP) is 2.93. The van der Waals surface area contributed by atoms with Crippen molar-refractivity contribution >= 4 is 22.2 Å². The van der Waals surface area contributed by atoms with Crippen molar-refractivity contribution < 1.29 is 4.79 Å². The lowest BCUT2D eigenvalue weighted by Crippen LogP contribution is -2.36. The molecule has 4 nitrogen and oxygen atoms in total. The van der Waals surface area contributed by atoms with Gasteiger partial charge in [-0.25, -0.2) is 0 Å². The molecule has 22 heavy (non-hydrogen) atoms. The number of hydrogen-bond acceptors (Lipinski definition) is 4. The highest BCUT2D eigenvalue weighted by atomic mass is 32.1. The van der Waals surface area contributed by atoms with Crippen LogP contribution in [0.25, 0.3) is 0 Å². The molecule has 0 aromatic carbocycles. The molecule has 1 aliphatic heterocycles. The second-order valence-corrected chi connectivity index (χ2v) is 7.20. The first-order chi connectivity index (χ1) is 10.6. The van der Waals surface area contributed by atoms with Crippen LogP contribution in [0.5, 0.6) is 0 Å². The van der Waals surface area contributed by atoms with Crippen molar-refractivity contribution in [2.45, 2.75) is 33.1 Å². The Morgan fingerprint density at radius 3 is 2.68 bits per heavy atom. The van der Waals surface area contributed by atoms with Gasteiger partial charge in [-0.05, 0) is 58.8 Å². The molecule has 2 rings (SSSR count). The molecule has 0 saturated heterocycles. The summed E-state index contributed by atoms with van der Waals surface area (Å²) in [5.41, 5.74) is 1.37. The van der Waals surface area contributed by atoms with Gasteiger partial charge in [-0.15, -0.1) is 11.3 Å². The summed E-state index contributed by atoms with van der Waals surface area (Å²) in [5, 5.41) is 1.33. The third-order valence-corrected chi connectivity index (χ3v) is 5.50. The van der Waals surface area contributed by atoms with Crippen LogP contribution in [-0.4, -0.2) is 62.5 Å². The summed E-state index contributed by atoms with van der Waals surface area (Å²) in [7, 11) is 4.09. The van der Waals surface area contributed by atoms with Crippen LogP contribution >= 0.6 is 11.3 Å². The molecule has 1 aliphatic rings. The van der Waals surface area contributed by atoms with Crippen molar-refractivity contribution in [1.29, 1.82) is 0 Å². The monoisotopic (exact) mass is 323 g/mol. The molecule has 0 aliphatic carbocycles. The van der Waals surface area contributed by atoms with E-state index in [0.717, 1.165) is 44.0 Å². The summed E-state index contributed by atoms with van der Waals surface area (Å²) in [6.07, 6.45) is 3.59. The molecule has 1 amide bonds. The van der Waals surface area contributed by atoms with E-state index in [2.05, 4.69) is 29.7 Å². The van der Waals surface area contributed by atoms with E-state index in [0.29, 0.717) is 0 Å². The Kier molecular flexibility index (Phi) is 6.26. The maximum Gasteiger partial charge on any atom is 0.264 e. The molecule has 0 fully saturated rings. The zero-order valence-electron chi connectivity index (χ0n) is 14.4. The van der Waals surface area contributed by atoms with Gasteiger partial charge in [-0.3, -0.25) is 4.79 Å². The van der Waals surface area contributed by atoms with E-state index in [1.165, 1.54) is 23.4 Å². The molecule has 0 saturated carbocycles. The van der Waals surface area contributed by atoms with E-state index < -0.39 is 0 Å². The molecule has 0 unspecified atom stereocenters. The second-order valence-electron chi connectivity index (χ2n) is 6.17. The summed E-state index contributed by atoms with van der Waals surface area (Å²) in [6.45, 7) is 8.88. The number of hydrogen-bond donors (Lipinski definition) is 0. The van der Waals surface area contributed by atoms with Crippen molar-refractivity contribution in [2.24, 2.45) is 0 Å². The lowest BCUT2D eigenvalue weighted by atomic mass is 10.1. The minimum Gasteiger partial charge on any atom is -0.363 e. The molecule has 5 heteroatoms. The fraction of sp³-hybridized carbons (Fsp3) is 0.706. The van der Waals surface area contributed by atoms with Crippen LogP contribution in [0.4, 0.5) is 5.00 Å². The summed E-state index contributed by atoms with van der Waals surface area (Å²) in [4.78, 5) is 20.2. The average Bonchev–Trinajstić information content (AvgIpc) is 2.82. The normalized spacial score (nSPS) is 14.9. The molecule has 0 radical (unpaired) electrons. The van der Waals surface area contributed by atoms with Gasteiger partial charge in [-0.1, -0.05) is 0 Å². The van der Waals surface area contributed by atoms with Crippen LogP contribution in [0.15, 0.2) is 6.07 Å². The van der Waals surface area contributed by atoms with E-state index in [9.17, 15) is 4.79 Å². The van der Waals surface area contributed by atoms with Crippen LogP contribution in [-0.2, 0) is 6.42 Å². The van der Waals surface area contributed by atoms with Crippen LogP contribution in [0.1, 0.15) is 41.9 Å². The van der Waals surface area contributed by atoms with Gasteiger partial charge in [0, 0.05) is 32.7 Å². The predicted molar refractivity (Wildman–Crippen MR) is 95.3 cm³/mol. The van der Waals surface area contributed by atoms with E-state index in [1.807, 2.05) is 19.0 Å². The molecule has 2 heterocycles. The Balaban J connectivity index is 2.16. The first kappa shape index (κ1) is 17.3. The summed E-state index contributed by atoms with van der Waals surface area (Å²) in [5.74, 6) is 0.193. The van der Waals surface area contributed by atoms with Crippen LogP contribution in [0.2, 0.25) is 0 Å². The summed E-state index contributed by atoms with van der Waals surface area (Å²) < 4.78 is 0. The number of thiophene rings is 1. The summed E-state index contributed by atoms with van der Waals surface area (Å²) >= 11 is 1.69. The minimum absolute atomic E-state index is 0.193. The largest absolute Gasteiger partial charge is 0.363 e. The third-order valence-electron chi connectivity index (χ3n) is 4.28. The molecule has 0 bridgehead atoms. The van der Waals surface area contributed by atoms with Crippen LogP contribution < -0.4 is 4.90 Å². The van der Waals surface area contributed by atoms with E-state index in [4.69, 9.17) is 0 Å². The van der Waals surface area contributed by atoms with Crippen molar-refractivity contribution in [3.05, 3.63) is 16.5 Å². The molecular weight excluding hydrogens is 294 g/mol. The Hall–Kier alpha value is -1.07. The minimum atomic E-state index is 0.193. The van der Waals surface area contributed by atoms with Gasteiger partial charge in [0.15, 0.2) is 0 Å². The molecule has 124 valence electrons. The van der Waals surface area contributed by atoms with Crippen molar-refractivity contribution in [2.75, 3.05) is 51.7 Å². The standard InChI is InChI=1S/C17H29N3OS/c1-5-19(12-11-18(3)4)16(21)15-13-14-9-7-8-10-20(6-2)17(14)22-15/h13H,5-12H2,1-4H3. The average molecular weight is 324 g/mol. The Morgan fingerprint density at radius 2 is 2.05 bits per heavy atom. The topological polar surface area (TPSA) is 26.8 Å². The zero-order valence-corrected chi connectivity index (χ0v) is 15.2. The summed E-state index contributed by atoms with van der Waals surface area (Å²) in [6, 6.07) is 2.15. The Bertz CT molecular complexity index is 498. The number of nitrogens with zero attached hydrogens (tertiary/aromatic N) is 3. The molecule has 1 aromatic rings. The van der Waals surface area contributed by atoms with Gasteiger partial charge < -0.3 is 14.7 Å². The number of carbonyl (C=O) groups excluding carboxylic acids is 1. The third kappa shape index (κ3) is 4.02. The maximum atomic E-state index is 12.8. The molecule has 0 spiro atoms. The lowest BCUT2D eigenvalue weighted by molar-refractivity contribution is 0.0759. The quantitative estimate of drug-likeness (QED) is 0.805. The van der Waals surface area contributed by atoms with Gasteiger partial charge in [0.2, 0.25) is 0 Å². The van der Waals surface area contributed by atoms with Gasteiger partial charge in [0.25, 0.3) is 5.91 Å². The van der Waals surface area contributed by atoms with Gasteiger partial charge >= 0.3 is 0 Å². The number of aryl methyl sites for hydroxylation is 1. The fourth-order valence-corrected chi connectivity index (χ4v) is 4.14. The first-order valence-electron chi connectivity index (χ1n) is 8.38. The van der Waals surface area contributed by atoms with Gasteiger partial charge in [0.05, 0.1) is 9.88 Å². The fourth-order valence-electron chi connectivity index (χ4n) is 2.87. The van der Waals surface area contributed by atoms with Gasteiger partial charge in [-0.2, -0.15) is 0 Å². The van der Waals surface area contributed by atoms with Gasteiger partial charge in [0.1, 0.15) is 0 Å². The number of fused-ring (bicyclic) bond motifs is 1. The van der Waals surface area contributed by atoms with Crippen LogP contribution in [0.3, 0.4) is 0 Å². The molecule has 0 N–H and O–H groups in total. The van der Waals surface area contributed by atoms with E-state index in [-0.39, 0.29) is 5.91 Å². The molecule has 1 aromatic heterocycles. The first-order valence-corrected chi connectivity index (χ1v) is 9.20. The number of carbonyl (C=O) groups is 1. The Morgan fingerprint density at radius 1 is 1.27 bits per heavy atom. The van der Waals surface area contributed by atoms with E-state index >= 15 is 0 Å². The highest BCUT2D eigenvalue weighted by Crippen LogP contribution is 2.35. The maximum absolute atomic E-state index is 12.8. The highest BCUT2D eigenvalue weighted by Gasteiger charge is 2.23. The molecular formula is C17H29N3OS. The number of likely N-dealkylation sites (N-methyl/N-ethyl adjacent to an activating group) is 2. The van der Waals surface area contributed by atoms with Crippen LogP contribution in [0, 0.1) is 0 Å². The molecule has 0 atom stereocenters. The number of anilines is 1. The second kappa shape index (κ2) is 7.97. The van der Waals surface area contributed by atoms with Crippen molar-refractivity contribution in [3.8, 4) is 0 Å².